The van der Waals surface area contributed by atoms with Crippen molar-refractivity contribution in [1.82, 2.24) is 0 Å². The fourth-order valence-corrected chi connectivity index (χ4v) is 8.79. The first-order valence-corrected chi connectivity index (χ1v) is 14.9. The van der Waals surface area contributed by atoms with Crippen molar-refractivity contribution in [2.75, 3.05) is 0 Å². The molecule has 6 aromatic rings. The third kappa shape index (κ3) is 3.42. The normalized spacial score (nSPS) is 16.6. The quantitative estimate of drug-likeness (QED) is 0.217. The second-order valence-electron chi connectivity index (χ2n) is 10.1. The smallest absolute Gasteiger partial charge is 0.0751 e. The molecule has 2 aliphatic heterocycles. The number of fused-ring (bicyclic) bond motifs is 8. The summed E-state index contributed by atoms with van der Waals surface area (Å²) in [5.41, 5.74) is 10.1. The topological polar surface area (TPSA) is 0 Å². The number of hydrogen-bond donors (Lipinski definition) is 0. The van der Waals surface area contributed by atoms with Crippen LogP contribution in [0.3, 0.4) is 0 Å². The third-order valence-corrected chi connectivity index (χ3v) is 10.3. The zero-order chi connectivity index (χ0) is 25.8. The zero-order valence-electron chi connectivity index (χ0n) is 21.2. The maximum absolute atomic E-state index is 2.46. The van der Waals surface area contributed by atoms with E-state index in [1.165, 1.54) is 64.1 Å². The van der Waals surface area contributed by atoms with Crippen LogP contribution in [0.1, 0.15) is 22.3 Å². The number of hydrogen-bond acceptors (Lipinski definition) is 2. The van der Waals surface area contributed by atoms with Crippen molar-refractivity contribution in [3.8, 4) is 22.3 Å². The summed E-state index contributed by atoms with van der Waals surface area (Å²) in [4.78, 5) is 5.30. The Morgan fingerprint density at radius 1 is 0.359 bits per heavy atom. The average Bonchev–Trinajstić information content (AvgIpc) is 3.01. The van der Waals surface area contributed by atoms with Gasteiger partial charge in [0.1, 0.15) is 0 Å². The van der Waals surface area contributed by atoms with Crippen LogP contribution in [-0.2, 0) is 5.41 Å². The molecule has 0 fully saturated rings. The average molecular weight is 533 g/mol. The molecule has 1 spiro atoms. The molecule has 0 bridgehead atoms. The molecule has 6 aromatic carbocycles. The summed E-state index contributed by atoms with van der Waals surface area (Å²) in [7, 11) is 0. The minimum Gasteiger partial charge on any atom is -0.0894 e. The molecule has 0 nitrogen and oxygen atoms in total. The van der Waals surface area contributed by atoms with Gasteiger partial charge in [0.05, 0.1) is 5.41 Å². The van der Waals surface area contributed by atoms with Gasteiger partial charge in [0.2, 0.25) is 0 Å². The highest BCUT2D eigenvalue weighted by atomic mass is 32.2. The summed E-state index contributed by atoms with van der Waals surface area (Å²) in [5, 5.41) is 0. The molecule has 0 N–H and O–H groups in total. The van der Waals surface area contributed by atoms with Crippen molar-refractivity contribution < 1.29 is 0 Å². The second-order valence-corrected chi connectivity index (χ2v) is 12.2. The Bertz CT molecular complexity index is 1820. The predicted molar refractivity (Wildman–Crippen MR) is 164 cm³/mol. The van der Waals surface area contributed by atoms with Crippen LogP contribution in [0.25, 0.3) is 22.3 Å². The summed E-state index contributed by atoms with van der Waals surface area (Å²) in [6.45, 7) is 0. The molecule has 0 saturated carbocycles. The third-order valence-electron chi connectivity index (χ3n) is 8.00. The van der Waals surface area contributed by atoms with Crippen LogP contribution in [0.5, 0.6) is 0 Å². The van der Waals surface area contributed by atoms with Gasteiger partial charge in [0.25, 0.3) is 0 Å². The molecule has 2 heterocycles. The molecule has 1 atom stereocenters. The lowest BCUT2D eigenvalue weighted by molar-refractivity contribution is 0.669. The highest BCUT2D eigenvalue weighted by molar-refractivity contribution is 8.00. The first-order chi connectivity index (χ1) is 19.3. The Hall–Kier alpha value is -3.98. The maximum Gasteiger partial charge on any atom is 0.0751 e. The van der Waals surface area contributed by atoms with Gasteiger partial charge in [-0.1, -0.05) is 139 Å². The van der Waals surface area contributed by atoms with Crippen LogP contribution >= 0.6 is 23.5 Å². The maximum atomic E-state index is 2.46. The molecular weight excluding hydrogens is 509 g/mol. The van der Waals surface area contributed by atoms with Gasteiger partial charge in [-0.05, 0) is 74.8 Å². The summed E-state index contributed by atoms with van der Waals surface area (Å²) in [5.74, 6) is 0. The lowest BCUT2D eigenvalue weighted by Gasteiger charge is -2.46. The lowest BCUT2D eigenvalue weighted by atomic mass is 9.62. The van der Waals surface area contributed by atoms with Crippen LogP contribution in [0.4, 0.5) is 0 Å². The summed E-state index contributed by atoms with van der Waals surface area (Å²) >= 11 is 3.80. The van der Waals surface area contributed by atoms with Gasteiger partial charge in [-0.25, -0.2) is 0 Å². The van der Waals surface area contributed by atoms with Crippen molar-refractivity contribution >= 4 is 23.5 Å². The van der Waals surface area contributed by atoms with Gasteiger partial charge in [-0.2, -0.15) is 0 Å². The molecule has 2 aliphatic rings. The van der Waals surface area contributed by atoms with Crippen molar-refractivity contribution in [3.05, 3.63) is 168 Å². The van der Waals surface area contributed by atoms with Gasteiger partial charge < -0.3 is 0 Å². The van der Waals surface area contributed by atoms with Crippen molar-refractivity contribution in [2.45, 2.75) is 25.0 Å². The minimum atomic E-state index is -0.439. The molecular formula is C37H24S2. The Kier molecular flexibility index (Phi) is 5.33. The van der Waals surface area contributed by atoms with Gasteiger partial charge in [-0.3, -0.25) is 0 Å². The Morgan fingerprint density at radius 2 is 0.897 bits per heavy atom. The van der Waals surface area contributed by atoms with Crippen LogP contribution in [0.2, 0.25) is 0 Å². The van der Waals surface area contributed by atoms with Crippen LogP contribution in [0, 0.1) is 0 Å². The fraction of sp³-hybridized carbons (Fsp3) is 0.0270. The van der Waals surface area contributed by atoms with Gasteiger partial charge in [0, 0.05) is 19.6 Å². The molecule has 0 radical (unpaired) electrons. The minimum absolute atomic E-state index is 0.439. The first-order valence-electron chi connectivity index (χ1n) is 13.3. The molecule has 184 valence electrons. The Labute approximate surface area is 237 Å². The lowest BCUT2D eigenvalue weighted by Crippen LogP contribution is -2.37. The van der Waals surface area contributed by atoms with E-state index in [1.807, 2.05) is 23.5 Å². The highest BCUT2D eigenvalue weighted by Crippen LogP contribution is 2.63. The number of benzene rings is 6. The molecule has 2 heteroatoms. The van der Waals surface area contributed by atoms with Crippen molar-refractivity contribution in [1.29, 1.82) is 0 Å². The van der Waals surface area contributed by atoms with Gasteiger partial charge in [-0.15, -0.1) is 0 Å². The largest absolute Gasteiger partial charge is 0.0894 e. The molecule has 0 amide bonds. The fourth-order valence-electron chi connectivity index (χ4n) is 6.39. The molecule has 0 aliphatic carbocycles. The predicted octanol–water partition coefficient (Wildman–Crippen LogP) is 10.3. The van der Waals surface area contributed by atoms with E-state index in [2.05, 4.69) is 146 Å². The van der Waals surface area contributed by atoms with Crippen LogP contribution in [0.15, 0.2) is 165 Å². The highest BCUT2D eigenvalue weighted by Gasteiger charge is 2.50. The summed E-state index contributed by atoms with van der Waals surface area (Å²) in [6.07, 6.45) is 0. The SMILES string of the molecule is c1ccc(-c2ccc3c(c2)C2(c4ccccc4S3)c3ccccc3Sc3cccc(-c4ccccc4)c32)cc1. The first kappa shape index (κ1) is 23.0. The summed E-state index contributed by atoms with van der Waals surface area (Å²) in [6, 6.07) is 53.7. The van der Waals surface area contributed by atoms with Crippen molar-refractivity contribution in [2.24, 2.45) is 0 Å². The van der Waals surface area contributed by atoms with E-state index in [9.17, 15) is 0 Å². The molecule has 1 unspecified atom stereocenters. The van der Waals surface area contributed by atoms with E-state index in [4.69, 9.17) is 0 Å². The van der Waals surface area contributed by atoms with E-state index >= 15 is 0 Å². The van der Waals surface area contributed by atoms with Crippen molar-refractivity contribution in [3.63, 3.8) is 0 Å². The van der Waals surface area contributed by atoms with Crippen LogP contribution < -0.4 is 0 Å². The van der Waals surface area contributed by atoms with Gasteiger partial charge >= 0.3 is 0 Å². The molecule has 8 rings (SSSR count). The van der Waals surface area contributed by atoms with E-state index < -0.39 is 5.41 Å². The van der Waals surface area contributed by atoms with Gasteiger partial charge in [0.15, 0.2) is 0 Å². The van der Waals surface area contributed by atoms with Crippen LogP contribution in [-0.4, -0.2) is 0 Å². The molecule has 39 heavy (non-hydrogen) atoms. The summed E-state index contributed by atoms with van der Waals surface area (Å²) < 4.78 is 0. The zero-order valence-corrected chi connectivity index (χ0v) is 22.8. The van der Waals surface area contributed by atoms with E-state index in [0.29, 0.717) is 0 Å². The van der Waals surface area contributed by atoms with E-state index in [-0.39, 0.29) is 0 Å². The monoisotopic (exact) mass is 532 g/mol. The molecule has 0 saturated heterocycles. The van der Waals surface area contributed by atoms with E-state index in [1.54, 1.807) is 0 Å². The standard InChI is InChI=1S/C37H24S2/c1-3-12-25(13-4-1)27-22-23-34-31(24-27)37(29-17-7-9-19-32(29)38-34)30-18-8-10-20-33(30)39-35-21-11-16-28(36(35)37)26-14-5-2-6-15-26/h1-24H. The molecule has 0 aromatic heterocycles. The second kappa shape index (κ2) is 9.05. The Morgan fingerprint density at radius 3 is 1.59 bits per heavy atom. The Balaban J connectivity index is 1.56. The number of rotatable bonds is 2. The van der Waals surface area contributed by atoms with E-state index in [0.717, 1.165) is 0 Å².